The van der Waals surface area contributed by atoms with Gasteiger partial charge in [0.25, 0.3) is 0 Å². The van der Waals surface area contributed by atoms with Gasteiger partial charge in [-0.2, -0.15) is 0 Å². The van der Waals surface area contributed by atoms with Crippen molar-refractivity contribution in [1.82, 2.24) is 20.2 Å². The van der Waals surface area contributed by atoms with Crippen LogP contribution in [0.2, 0.25) is 0 Å². The summed E-state index contributed by atoms with van der Waals surface area (Å²) < 4.78 is 0. The van der Waals surface area contributed by atoms with Gasteiger partial charge in [-0.3, -0.25) is 9.89 Å². The summed E-state index contributed by atoms with van der Waals surface area (Å²) >= 11 is 1.39. The summed E-state index contributed by atoms with van der Waals surface area (Å²) in [6, 6.07) is 1.89. The molecule has 0 bridgehead atoms. The molecule has 0 aromatic carbocycles. The van der Waals surface area contributed by atoms with Gasteiger partial charge in [-0.05, 0) is 32.8 Å². The van der Waals surface area contributed by atoms with Crippen LogP contribution in [0.5, 0.6) is 0 Å². The normalized spacial score (nSPS) is 14.8. The number of carbonyl (C=O) groups excluding carboxylic acids is 1. The number of aryl methyl sites for hydroxylation is 2. The number of thioether (sulfide) groups is 1. The van der Waals surface area contributed by atoms with Crippen LogP contribution in [0.1, 0.15) is 46.3 Å². The molecule has 0 amide bonds. The Bertz CT molecular complexity index is 612. The van der Waals surface area contributed by atoms with Crippen LogP contribution in [0.4, 0.5) is 0 Å². The lowest BCUT2D eigenvalue weighted by atomic mass is 10.2. The van der Waals surface area contributed by atoms with Crippen LogP contribution in [0.3, 0.4) is 0 Å². The predicted molar refractivity (Wildman–Crippen MR) is 73.7 cm³/mol. The number of rotatable bonds is 5. The molecule has 2 N–H and O–H groups in total. The first-order valence-electron chi connectivity index (χ1n) is 6.38. The van der Waals surface area contributed by atoms with Gasteiger partial charge in [-0.15, -0.1) is 5.10 Å². The number of H-pyrrole nitrogens is 2. The Hall–Kier alpha value is -1.56. The summed E-state index contributed by atoms with van der Waals surface area (Å²) in [6.45, 7) is 3.87. The van der Waals surface area contributed by atoms with Gasteiger partial charge >= 0.3 is 0 Å². The molecule has 0 radical (unpaired) electrons. The highest BCUT2D eigenvalue weighted by Gasteiger charge is 2.27. The Labute approximate surface area is 115 Å². The monoisotopic (exact) mass is 276 g/mol. The van der Waals surface area contributed by atoms with Crippen LogP contribution in [0.15, 0.2) is 11.2 Å². The Balaban J connectivity index is 1.61. The minimum atomic E-state index is 0.115. The highest BCUT2D eigenvalue weighted by molar-refractivity contribution is 7.99. The van der Waals surface area contributed by atoms with Crippen LogP contribution in [-0.4, -0.2) is 31.7 Å². The topological polar surface area (TPSA) is 74.4 Å². The van der Waals surface area contributed by atoms with Gasteiger partial charge in [-0.1, -0.05) is 11.8 Å². The average Bonchev–Trinajstić information content (AvgIpc) is 3.02. The number of aromatic nitrogens is 4. The van der Waals surface area contributed by atoms with E-state index in [4.69, 9.17) is 0 Å². The summed E-state index contributed by atoms with van der Waals surface area (Å²) in [5.74, 6) is 2.01. The number of hydrogen-bond donors (Lipinski definition) is 2. The first-order valence-corrected chi connectivity index (χ1v) is 7.36. The minimum Gasteiger partial charge on any atom is -0.362 e. The zero-order chi connectivity index (χ0) is 13.4. The fraction of sp³-hybridized carbons (Fsp3) is 0.462. The number of Topliss-reactive ketones (excluding diaryl/α,β-unsaturated/α-hetero) is 1. The molecule has 1 aliphatic rings. The number of ketones is 1. The van der Waals surface area contributed by atoms with Gasteiger partial charge in [0.1, 0.15) is 5.82 Å². The third kappa shape index (κ3) is 2.73. The third-order valence-electron chi connectivity index (χ3n) is 3.23. The second kappa shape index (κ2) is 4.85. The second-order valence-corrected chi connectivity index (χ2v) is 5.92. The lowest BCUT2D eigenvalue weighted by Crippen LogP contribution is -2.03. The molecule has 1 saturated carbocycles. The van der Waals surface area contributed by atoms with Crippen molar-refractivity contribution in [3.63, 3.8) is 0 Å². The van der Waals surface area contributed by atoms with Crippen LogP contribution in [-0.2, 0) is 0 Å². The molecule has 0 aliphatic heterocycles. The van der Waals surface area contributed by atoms with Crippen LogP contribution >= 0.6 is 11.8 Å². The SMILES string of the molecule is Cc1cc(C(=O)CSc2n[nH]c(C3CC3)n2)c(C)[nH]1. The molecule has 2 aromatic heterocycles. The van der Waals surface area contributed by atoms with Gasteiger partial charge in [-0.25, -0.2) is 4.98 Å². The molecule has 2 heterocycles. The fourth-order valence-electron chi connectivity index (χ4n) is 2.08. The van der Waals surface area contributed by atoms with Crippen LogP contribution < -0.4 is 0 Å². The number of aromatic amines is 2. The molecule has 1 aliphatic carbocycles. The van der Waals surface area contributed by atoms with E-state index in [2.05, 4.69) is 20.2 Å². The van der Waals surface area contributed by atoms with E-state index in [-0.39, 0.29) is 5.78 Å². The number of hydrogen-bond acceptors (Lipinski definition) is 4. The van der Waals surface area contributed by atoms with Crippen molar-refractivity contribution in [1.29, 1.82) is 0 Å². The van der Waals surface area contributed by atoms with Gasteiger partial charge in [0, 0.05) is 22.9 Å². The van der Waals surface area contributed by atoms with E-state index in [1.807, 2.05) is 19.9 Å². The molecule has 1 fully saturated rings. The number of nitrogens with zero attached hydrogens (tertiary/aromatic N) is 2. The van der Waals surface area contributed by atoms with E-state index in [0.29, 0.717) is 16.8 Å². The second-order valence-electron chi connectivity index (χ2n) is 4.98. The van der Waals surface area contributed by atoms with Gasteiger partial charge in [0.05, 0.1) is 5.75 Å². The quantitative estimate of drug-likeness (QED) is 0.650. The van der Waals surface area contributed by atoms with Crippen molar-refractivity contribution >= 4 is 17.5 Å². The lowest BCUT2D eigenvalue weighted by molar-refractivity contribution is 0.102. The largest absolute Gasteiger partial charge is 0.362 e. The van der Waals surface area contributed by atoms with E-state index in [0.717, 1.165) is 22.8 Å². The summed E-state index contributed by atoms with van der Waals surface area (Å²) in [4.78, 5) is 19.6. The molecule has 0 saturated heterocycles. The Kier molecular flexibility index (Phi) is 3.18. The maximum Gasteiger partial charge on any atom is 0.208 e. The van der Waals surface area contributed by atoms with Crippen molar-refractivity contribution < 1.29 is 4.79 Å². The molecule has 3 rings (SSSR count). The van der Waals surface area contributed by atoms with E-state index >= 15 is 0 Å². The number of nitrogens with one attached hydrogen (secondary N) is 2. The maximum absolute atomic E-state index is 12.1. The number of carbonyl (C=O) groups is 1. The zero-order valence-corrected chi connectivity index (χ0v) is 11.8. The molecule has 2 aromatic rings. The minimum absolute atomic E-state index is 0.115. The van der Waals surface area contributed by atoms with Crippen LogP contribution in [0, 0.1) is 13.8 Å². The van der Waals surface area contributed by atoms with E-state index in [9.17, 15) is 4.79 Å². The molecule has 0 atom stereocenters. The van der Waals surface area contributed by atoms with Gasteiger partial charge in [0.2, 0.25) is 5.16 Å². The molecule has 0 unspecified atom stereocenters. The van der Waals surface area contributed by atoms with Crippen molar-refractivity contribution in [2.24, 2.45) is 0 Å². The fourth-order valence-corrected chi connectivity index (χ4v) is 2.77. The maximum atomic E-state index is 12.1. The third-order valence-corrected chi connectivity index (χ3v) is 4.08. The molecule has 100 valence electrons. The van der Waals surface area contributed by atoms with E-state index in [1.54, 1.807) is 0 Å². The van der Waals surface area contributed by atoms with Gasteiger partial charge in [0.15, 0.2) is 5.78 Å². The lowest BCUT2D eigenvalue weighted by Gasteiger charge is -1.97. The highest BCUT2D eigenvalue weighted by Crippen LogP contribution is 2.38. The molecule has 0 spiro atoms. The summed E-state index contributed by atoms with van der Waals surface area (Å²) in [7, 11) is 0. The van der Waals surface area contributed by atoms with E-state index < -0.39 is 0 Å². The van der Waals surface area contributed by atoms with Crippen molar-refractivity contribution in [2.75, 3.05) is 5.75 Å². The first kappa shape index (κ1) is 12.5. The molecular weight excluding hydrogens is 260 g/mol. The predicted octanol–water partition coefficient (Wildman–Crippen LogP) is 2.60. The van der Waals surface area contributed by atoms with Crippen molar-refractivity contribution in [3.05, 3.63) is 28.8 Å². The van der Waals surface area contributed by atoms with Crippen LogP contribution in [0.25, 0.3) is 0 Å². The Morgan fingerprint density at radius 3 is 2.89 bits per heavy atom. The summed E-state index contributed by atoms with van der Waals surface area (Å²) in [6.07, 6.45) is 2.39. The average molecular weight is 276 g/mol. The van der Waals surface area contributed by atoms with E-state index in [1.165, 1.54) is 24.6 Å². The van der Waals surface area contributed by atoms with Crippen molar-refractivity contribution in [2.45, 2.75) is 37.8 Å². The molecule has 5 nitrogen and oxygen atoms in total. The smallest absolute Gasteiger partial charge is 0.208 e. The molecule has 6 heteroatoms. The van der Waals surface area contributed by atoms with Gasteiger partial charge < -0.3 is 4.98 Å². The summed E-state index contributed by atoms with van der Waals surface area (Å²) in [5.41, 5.74) is 2.71. The zero-order valence-electron chi connectivity index (χ0n) is 11.0. The summed E-state index contributed by atoms with van der Waals surface area (Å²) in [5, 5.41) is 7.75. The first-order chi connectivity index (χ1) is 9.13. The standard InChI is InChI=1S/C13H16N4OS/c1-7-5-10(8(2)14-7)11(18)6-19-13-15-12(16-17-13)9-3-4-9/h5,9,14H,3-4,6H2,1-2H3,(H,15,16,17). The highest BCUT2D eigenvalue weighted by atomic mass is 32.2. The Morgan fingerprint density at radius 1 is 1.47 bits per heavy atom. The molecule has 19 heavy (non-hydrogen) atoms. The Morgan fingerprint density at radius 2 is 2.26 bits per heavy atom. The molecular formula is C13H16N4OS. The van der Waals surface area contributed by atoms with Crippen molar-refractivity contribution in [3.8, 4) is 0 Å².